The first-order chi connectivity index (χ1) is 18.6. The van der Waals surface area contributed by atoms with Crippen molar-refractivity contribution < 1.29 is 9.53 Å². The minimum absolute atomic E-state index is 0.00631. The summed E-state index contributed by atoms with van der Waals surface area (Å²) in [5, 5.41) is 0. The van der Waals surface area contributed by atoms with Crippen molar-refractivity contribution in [2.45, 2.75) is 111 Å². The molecule has 5 rings (SSSR count). The zero-order valence-corrected chi connectivity index (χ0v) is 25.1. The number of esters is 1. The second kappa shape index (κ2) is 11.1. The summed E-state index contributed by atoms with van der Waals surface area (Å²) in [5.41, 5.74) is 14.0. The fourth-order valence-electron chi connectivity index (χ4n) is 10.4. The number of ether oxygens (including phenoxy) is 1. The molecule has 0 saturated heterocycles. The Hall–Kier alpha value is -1.97. The van der Waals surface area contributed by atoms with Gasteiger partial charge in [0.25, 0.3) is 0 Å². The Balaban J connectivity index is 1.25. The highest BCUT2D eigenvalue weighted by molar-refractivity contribution is 5.91. The van der Waals surface area contributed by atoms with E-state index in [0.717, 1.165) is 48.3 Å². The lowest BCUT2D eigenvalue weighted by atomic mass is 9.44. The molecule has 4 saturated carbocycles. The minimum Gasteiger partial charge on any atom is -0.459 e. The van der Waals surface area contributed by atoms with Crippen LogP contribution in [0.25, 0.3) is 0 Å². The van der Waals surface area contributed by atoms with Gasteiger partial charge in [-0.2, -0.15) is 0 Å². The summed E-state index contributed by atoms with van der Waals surface area (Å²) in [6, 6.07) is 5.02. The third-order valence-corrected chi connectivity index (χ3v) is 12.3. The summed E-state index contributed by atoms with van der Waals surface area (Å²) >= 11 is 0. The molecule has 4 fully saturated rings. The second-order valence-corrected chi connectivity index (χ2v) is 14.7. The maximum atomic E-state index is 12.9. The lowest BCUT2D eigenvalue weighted by molar-refractivity contribution is -0.124. The van der Waals surface area contributed by atoms with Gasteiger partial charge in [-0.15, -0.1) is 6.58 Å². The molecule has 0 spiro atoms. The summed E-state index contributed by atoms with van der Waals surface area (Å²) < 4.78 is 6.04. The Kier molecular flexibility index (Phi) is 8.15. The van der Waals surface area contributed by atoms with Gasteiger partial charge in [-0.05, 0) is 128 Å². The first-order valence-electron chi connectivity index (χ1n) is 16.1. The molecule has 4 N–H and O–H groups in total. The Bertz CT molecular complexity index is 1030. The molecule has 39 heavy (non-hydrogen) atoms. The quantitative estimate of drug-likeness (QED) is 0.199. The lowest BCUT2D eigenvalue weighted by Gasteiger charge is -2.61. The van der Waals surface area contributed by atoms with E-state index >= 15 is 0 Å². The topological polar surface area (TPSA) is 78.3 Å². The number of rotatable bonds is 8. The van der Waals surface area contributed by atoms with Gasteiger partial charge in [0, 0.05) is 11.4 Å². The van der Waals surface area contributed by atoms with Crippen LogP contribution in [0.5, 0.6) is 0 Å². The molecular weight excluding hydrogens is 480 g/mol. The molecule has 1 aromatic carbocycles. The van der Waals surface area contributed by atoms with Crippen LogP contribution in [0.2, 0.25) is 0 Å². The molecule has 0 heterocycles. The molecule has 4 heteroatoms. The number of nitrogens with two attached hydrogens (primary N) is 2. The average Bonchev–Trinajstić information content (AvgIpc) is 3.28. The van der Waals surface area contributed by atoms with E-state index in [2.05, 4.69) is 40.3 Å². The van der Waals surface area contributed by atoms with Crippen LogP contribution in [0.3, 0.4) is 0 Å². The van der Waals surface area contributed by atoms with Crippen molar-refractivity contribution in [2.75, 3.05) is 11.5 Å². The highest BCUT2D eigenvalue weighted by Gasteiger charge is 2.61. The third-order valence-electron chi connectivity index (χ3n) is 12.3. The van der Waals surface area contributed by atoms with Crippen LogP contribution < -0.4 is 11.5 Å². The van der Waals surface area contributed by atoms with Crippen LogP contribution in [-0.2, 0) is 4.74 Å². The predicted molar refractivity (Wildman–Crippen MR) is 162 cm³/mol. The molecule has 0 bridgehead atoms. The molecule has 216 valence electrons. The summed E-state index contributed by atoms with van der Waals surface area (Å²) in [6.07, 6.45) is 17.8. The van der Waals surface area contributed by atoms with E-state index in [-0.39, 0.29) is 12.1 Å². The molecule has 0 aromatic heterocycles. The van der Waals surface area contributed by atoms with Gasteiger partial charge in [0.1, 0.15) is 6.10 Å². The summed E-state index contributed by atoms with van der Waals surface area (Å²) in [7, 11) is 0. The van der Waals surface area contributed by atoms with Crippen molar-refractivity contribution in [3.8, 4) is 0 Å². The lowest BCUT2D eigenvalue weighted by Crippen LogP contribution is -2.54. The van der Waals surface area contributed by atoms with Crippen LogP contribution in [0.4, 0.5) is 11.4 Å². The number of carbonyl (C=O) groups excluding carboxylic acids is 1. The largest absolute Gasteiger partial charge is 0.459 e. The summed E-state index contributed by atoms with van der Waals surface area (Å²) in [5.74, 6) is 5.22. The maximum Gasteiger partial charge on any atom is 0.338 e. The average molecular weight is 535 g/mol. The molecule has 1 aromatic rings. The number of carbonyl (C=O) groups is 1. The van der Waals surface area contributed by atoms with Crippen LogP contribution in [0.15, 0.2) is 30.9 Å². The van der Waals surface area contributed by atoms with Crippen molar-refractivity contribution in [3.63, 3.8) is 0 Å². The Morgan fingerprint density at radius 1 is 1.00 bits per heavy atom. The number of anilines is 2. The van der Waals surface area contributed by atoms with Gasteiger partial charge in [0.05, 0.1) is 5.56 Å². The van der Waals surface area contributed by atoms with E-state index in [1.165, 1.54) is 64.2 Å². The fourth-order valence-corrected chi connectivity index (χ4v) is 10.4. The van der Waals surface area contributed by atoms with E-state index < -0.39 is 0 Å². The Morgan fingerprint density at radius 2 is 1.74 bits per heavy atom. The number of hydrogen-bond donors (Lipinski definition) is 2. The number of allylic oxidation sites excluding steroid dienone is 1. The molecule has 4 aliphatic rings. The van der Waals surface area contributed by atoms with Crippen LogP contribution in [-0.4, -0.2) is 12.1 Å². The van der Waals surface area contributed by atoms with E-state index in [9.17, 15) is 4.79 Å². The normalized spacial score (nSPS) is 38.4. The van der Waals surface area contributed by atoms with Gasteiger partial charge >= 0.3 is 5.97 Å². The van der Waals surface area contributed by atoms with Crippen LogP contribution in [0.1, 0.15) is 115 Å². The van der Waals surface area contributed by atoms with E-state index in [4.69, 9.17) is 16.2 Å². The molecule has 9 unspecified atom stereocenters. The van der Waals surface area contributed by atoms with Crippen molar-refractivity contribution in [1.29, 1.82) is 0 Å². The van der Waals surface area contributed by atoms with Gasteiger partial charge in [0.15, 0.2) is 0 Å². The molecule has 4 nitrogen and oxygen atoms in total. The van der Waals surface area contributed by atoms with Crippen molar-refractivity contribution in [2.24, 2.45) is 52.3 Å². The second-order valence-electron chi connectivity index (χ2n) is 14.7. The molecule has 9 atom stereocenters. The first-order valence-corrected chi connectivity index (χ1v) is 16.1. The minimum atomic E-state index is -0.288. The maximum absolute atomic E-state index is 12.9. The highest BCUT2D eigenvalue weighted by atomic mass is 16.5. The van der Waals surface area contributed by atoms with Crippen molar-refractivity contribution in [1.82, 2.24) is 0 Å². The van der Waals surface area contributed by atoms with Crippen LogP contribution in [0, 0.1) is 52.3 Å². The Labute approximate surface area is 237 Å². The van der Waals surface area contributed by atoms with Gasteiger partial charge in [-0.1, -0.05) is 53.0 Å². The molecule has 0 radical (unpaired) electrons. The van der Waals surface area contributed by atoms with E-state index in [1.807, 2.05) is 0 Å². The summed E-state index contributed by atoms with van der Waals surface area (Å²) in [6.45, 7) is 14.3. The number of benzene rings is 1. The number of fused-ring (bicyclic) bond motifs is 5. The van der Waals surface area contributed by atoms with E-state index in [1.54, 1.807) is 18.2 Å². The summed E-state index contributed by atoms with van der Waals surface area (Å²) in [4.78, 5) is 12.9. The fraction of sp³-hybridized carbons (Fsp3) is 0.743. The van der Waals surface area contributed by atoms with Crippen LogP contribution >= 0.6 is 0 Å². The zero-order chi connectivity index (χ0) is 27.9. The van der Waals surface area contributed by atoms with Gasteiger partial charge < -0.3 is 16.2 Å². The molecular formula is C35H54N2O2. The molecule has 0 aliphatic heterocycles. The SMILES string of the molecule is C=CC12CCC3C(CCC4CC(OC(=O)c5cc(N)cc(N)c5)CCC43C)C1CCC2C(C)CCCC(C)C. The Morgan fingerprint density at radius 3 is 2.44 bits per heavy atom. The smallest absolute Gasteiger partial charge is 0.338 e. The molecule has 4 aliphatic carbocycles. The predicted octanol–water partition coefficient (Wildman–Crippen LogP) is 8.66. The molecule has 0 amide bonds. The number of hydrogen-bond acceptors (Lipinski definition) is 4. The van der Waals surface area contributed by atoms with Gasteiger partial charge in [-0.3, -0.25) is 0 Å². The highest BCUT2D eigenvalue weighted by Crippen LogP contribution is 2.69. The van der Waals surface area contributed by atoms with Gasteiger partial charge in [-0.25, -0.2) is 4.79 Å². The first kappa shape index (κ1) is 28.6. The van der Waals surface area contributed by atoms with Crippen molar-refractivity contribution in [3.05, 3.63) is 36.4 Å². The van der Waals surface area contributed by atoms with Gasteiger partial charge in [0.2, 0.25) is 0 Å². The number of nitrogen functional groups attached to an aromatic ring is 2. The zero-order valence-electron chi connectivity index (χ0n) is 25.1. The third kappa shape index (κ3) is 5.26. The van der Waals surface area contributed by atoms with Crippen molar-refractivity contribution >= 4 is 17.3 Å². The van der Waals surface area contributed by atoms with E-state index in [0.29, 0.717) is 33.7 Å². The monoisotopic (exact) mass is 534 g/mol. The standard InChI is InChI=1S/C35H54N2O2/c1-6-35-17-15-31-29(32(35)13-12-30(35)23(4)9-7-8-22(2)3)11-10-25-20-28(14-16-34(25,31)5)39-33(38)24-18-26(36)21-27(37)19-24/h6,18-19,21-23,25,28-32H,1,7-17,20,36-37H2,2-5H3.